The van der Waals surface area contributed by atoms with E-state index in [1.54, 1.807) is 26.8 Å². The lowest BCUT2D eigenvalue weighted by Crippen LogP contribution is -2.53. The number of carbonyl (C=O) groups is 1. The second kappa shape index (κ2) is 12.7. The molecule has 0 saturated carbocycles. The Hall–Kier alpha value is -4.16. The van der Waals surface area contributed by atoms with Gasteiger partial charge in [-0.05, 0) is 82.8 Å². The number of hydrogen-bond donors (Lipinski definition) is 1. The van der Waals surface area contributed by atoms with E-state index in [0.717, 1.165) is 50.9 Å². The van der Waals surface area contributed by atoms with Crippen molar-refractivity contribution in [2.24, 2.45) is 0 Å². The van der Waals surface area contributed by atoms with Crippen molar-refractivity contribution in [1.29, 1.82) is 5.26 Å². The van der Waals surface area contributed by atoms with Crippen molar-refractivity contribution in [3.8, 4) is 23.2 Å². The van der Waals surface area contributed by atoms with Crippen LogP contribution in [0.3, 0.4) is 0 Å². The molecule has 0 radical (unpaired) electrons. The number of rotatable bonds is 6. The van der Waals surface area contributed by atoms with Crippen LogP contribution in [0.5, 0.6) is 6.01 Å². The van der Waals surface area contributed by atoms with E-state index >= 15 is 4.39 Å². The first-order chi connectivity index (χ1) is 25.4. The summed E-state index contributed by atoms with van der Waals surface area (Å²) in [6.07, 6.45) is 2.62. The number of carbonyl (C=O) groups excluding carboxylic acids is 1. The first-order valence-corrected chi connectivity index (χ1v) is 19.3. The van der Waals surface area contributed by atoms with Gasteiger partial charge in [0.05, 0.1) is 29.7 Å². The molecule has 11 nitrogen and oxygen atoms in total. The van der Waals surface area contributed by atoms with Crippen molar-refractivity contribution < 1.29 is 27.8 Å². The van der Waals surface area contributed by atoms with E-state index in [-0.39, 0.29) is 49.0 Å². The lowest BCUT2D eigenvalue weighted by atomic mass is 9.90. The summed E-state index contributed by atoms with van der Waals surface area (Å²) in [4.78, 5) is 29.6. The van der Waals surface area contributed by atoms with Crippen LogP contribution in [0.2, 0.25) is 0 Å². The molecule has 0 spiro atoms. The van der Waals surface area contributed by atoms with E-state index in [1.165, 1.54) is 11.3 Å². The van der Waals surface area contributed by atoms with E-state index in [0.29, 0.717) is 55.9 Å². The Morgan fingerprint density at radius 1 is 1.15 bits per heavy atom. The Morgan fingerprint density at radius 3 is 2.68 bits per heavy atom. The summed E-state index contributed by atoms with van der Waals surface area (Å²) in [5.41, 5.74) is 1.54. The largest absolute Gasteiger partial charge is 0.461 e. The van der Waals surface area contributed by atoms with Crippen LogP contribution < -0.4 is 15.0 Å². The summed E-state index contributed by atoms with van der Waals surface area (Å²) in [5, 5.41) is 14.7. The number of nitrogens with zero attached hydrogens (tertiary/aromatic N) is 6. The third kappa shape index (κ3) is 5.78. The number of alkyl halides is 1. The lowest BCUT2D eigenvalue weighted by molar-refractivity contribution is 0.0636. The number of anilines is 2. The van der Waals surface area contributed by atoms with Crippen LogP contribution in [-0.2, 0) is 22.7 Å². The zero-order valence-corrected chi connectivity index (χ0v) is 31.2. The monoisotopic (exact) mass is 743 g/mol. The molecule has 2 aromatic heterocycles. The molecule has 5 aliphatic rings. The number of piperazine rings is 1. The van der Waals surface area contributed by atoms with Gasteiger partial charge >= 0.3 is 12.1 Å². The van der Waals surface area contributed by atoms with Gasteiger partial charge in [0.2, 0.25) is 0 Å². The van der Waals surface area contributed by atoms with Gasteiger partial charge in [0.15, 0.2) is 5.82 Å². The Morgan fingerprint density at radius 2 is 1.92 bits per heavy atom. The van der Waals surface area contributed by atoms with Gasteiger partial charge < -0.3 is 24.0 Å². The molecule has 4 atom stereocenters. The van der Waals surface area contributed by atoms with Crippen molar-refractivity contribution >= 4 is 49.2 Å². The van der Waals surface area contributed by atoms with Gasteiger partial charge in [0.1, 0.15) is 40.8 Å². The smallest absolute Gasteiger partial charge is 0.412 e. The van der Waals surface area contributed by atoms with Crippen LogP contribution in [-0.4, -0.2) is 95.1 Å². The maximum Gasteiger partial charge on any atom is 0.412 e. The minimum Gasteiger partial charge on any atom is -0.461 e. The molecule has 0 aliphatic carbocycles. The second-order valence-corrected chi connectivity index (χ2v) is 17.3. The number of halogens is 2. The van der Waals surface area contributed by atoms with Gasteiger partial charge in [-0.3, -0.25) is 10.2 Å². The minimum atomic E-state index is -0.909. The fraction of sp³-hybridized carbons (Fsp3) is 0.538. The average Bonchev–Trinajstić information content (AvgIpc) is 3.90. The molecule has 1 N–H and O–H groups in total. The number of fused-ring (bicyclic) bond motifs is 7. The molecular formula is C39H43F2N7O4S. The highest BCUT2D eigenvalue weighted by Crippen LogP contribution is 2.49. The zero-order chi connectivity index (χ0) is 36.8. The molecule has 5 aliphatic heterocycles. The fourth-order valence-electron chi connectivity index (χ4n) is 9.58. The first kappa shape index (κ1) is 34.6. The fourth-order valence-corrected chi connectivity index (χ4v) is 10.6. The summed E-state index contributed by atoms with van der Waals surface area (Å²) >= 11 is 1.24. The highest BCUT2D eigenvalue weighted by Gasteiger charge is 2.50. The van der Waals surface area contributed by atoms with E-state index in [2.05, 4.69) is 33.1 Å². The Kier molecular flexibility index (Phi) is 8.30. The summed E-state index contributed by atoms with van der Waals surface area (Å²) < 4.78 is 51.1. The number of thiophene rings is 1. The number of aromatic nitrogens is 2. The highest BCUT2D eigenvalue weighted by molar-refractivity contribution is 7.23. The summed E-state index contributed by atoms with van der Waals surface area (Å²) in [6.45, 7) is 8.92. The van der Waals surface area contributed by atoms with Crippen LogP contribution in [0.25, 0.3) is 32.1 Å². The summed E-state index contributed by atoms with van der Waals surface area (Å²) in [6, 6.07) is 8.22. The number of ether oxygens (including phenoxy) is 3. The summed E-state index contributed by atoms with van der Waals surface area (Å²) in [5.74, 6) is 0.109. The van der Waals surface area contributed by atoms with Crippen LogP contribution in [0.1, 0.15) is 69.6 Å². The van der Waals surface area contributed by atoms with E-state index in [4.69, 9.17) is 24.2 Å². The SMILES string of the molecule is CN1CC2CCC(C1)N2c1nc(OC[C@@]23CCCN2C[C@H](F)C3)nc2c(F)c(-c3cccc4sc(NC(=O)OC(C)(C)C)c(C#N)c34)c3c(c12)COC3. The lowest BCUT2D eigenvalue weighted by Gasteiger charge is -2.41. The van der Waals surface area contributed by atoms with Crippen LogP contribution in [0.4, 0.5) is 24.4 Å². The van der Waals surface area contributed by atoms with E-state index < -0.39 is 29.2 Å². The Balaban J connectivity index is 1.21. The number of likely N-dealkylation sites (tertiary alicyclic amines) is 1. The molecule has 14 heteroatoms. The van der Waals surface area contributed by atoms with Gasteiger partial charge in [0, 0.05) is 53.8 Å². The Bertz CT molecular complexity index is 2190. The molecular weight excluding hydrogens is 701 g/mol. The highest BCUT2D eigenvalue weighted by atomic mass is 32.1. The van der Waals surface area contributed by atoms with Gasteiger partial charge in [-0.15, -0.1) is 11.3 Å². The van der Waals surface area contributed by atoms with Gasteiger partial charge in [0.25, 0.3) is 0 Å². The third-order valence-electron chi connectivity index (χ3n) is 11.6. The van der Waals surface area contributed by atoms with Gasteiger partial charge in [-0.2, -0.15) is 15.2 Å². The molecule has 1 amide bonds. The quantitative estimate of drug-likeness (QED) is 0.219. The van der Waals surface area contributed by atoms with Crippen molar-refractivity contribution in [3.63, 3.8) is 0 Å². The molecule has 2 aromatic carbocycles. The number of likely N-dealkylation sites (N-methyl/N-ethyl adjacent to an activating group) is 1. The maximum atomic E-state index is 17.7. The number of nitriles is 1. The zero-order valence-electron chi connectivity index (χ0n) is 30.4. The molecule has 4 saturated heterocycles. The van der Waals surface area contributed by atoms with Crippen molar-refractivity contribution in [3.05, 3.63) is 40.7 Å². The second-order valence-electron chi connectivity index (χ2n) is 16.3. The summed E-state index contributed by atoms with van der Waals surface area (Å²) in [7, 11) is 2.13. The van der Waals surface area contributed by atoms with Crippen molar-refractivity contribution in [1.82, 2.24) is 19.8 Å². The number of hydrogen-bond acceptors (Lipinski definition) is 11. The Labute approximate surface area is 310 Å². The maximum absolute atomic E-state index is 17.7. The van der Waals surface area contributed by atoms with E-state index in [1.807, 2.05) is 12.1 Å². The minimum absolute atomic E-state index is 0.0772. The predicted molar refractivity (Wildman–Crippen MR) is 199 cm³/mol. The topological polar surface area (TPSA) is 116 Å². The van der Waals surface area contributed by atoms with Gasteiger partial charge in [-0.25, -0.2) is 13.6 Å². The van der Waals surface area contributed by atoms with Crippen LogP contribution in [0.15, 0.2) is 18.2 Å². The molecule has 53 heavy (non-hydrogen) atoms. The van der Waals surface area contributed by atoms with E-state index in [9.17, 15) is 14.4 Å². The van der Waals surface area contributed by atoms with Crippen LogP contribution >= 0.6 is 11.3 Å². The predicted octanol–water partition coefficient (Wildman–Crippen LogP) is 7.14. The molecule has 4 fully saturated rings. The number of benzene rings is 2. The number of nitrogens with one attached hydrogen (secondary N) is 1. The molecule has 2 unspecified atom stereocenters. The first-order valence-electron chi connectivity index (χ1n) is 18.5. The molecule has 7 heterocycles. The molecule has 4 aromatic rings. The normalized spacial score (nSPS) is 25.6. The van der Waals surface area contributed by atoms with Crippen molar-refractivity contribution in [2.75, 3.05) is 50.1 Å². The van der Waals surface area contributed by atoms with Gasteiger partial charge in [-0.1, -0.05) is 12.1 Å². The molecule has 2 bridgehead atoms. The van der Waals surface area contributed by atoms with Crippen LogP contribution in [0, 0.1) is 17.1 Å². The van der Waals surface area contributed by atoms with Crippen molar-refractivity contribution in [2.45, 2.75) is 95.5 Å². The standard InChI is InChI=1S/C39H43F2N7O4S/c1-38(2,3)52-37(49)45-35-25(14-42)29-24(7-5-8-28(29)53-35)30-26-18-50-19-27(26)31-33(32(30)41)43-36(51-20-39-11-6-12-47(39)15-21(40)13-39)44-34(31)48-22-9-10-23(48)17-46(4)16-22/h5,7-8,21-23H,6,9-13,15-20H2,1-4H3,(H,45,49)/t21-,22?,23?,39+/m1/s1. The molecule has 9 rings (SSSR count). The molecule has 278 valence electrons. The average molecular weight is 744 g/mol. The third-order valence-corrected chi connectivity index (χ3v) is 12.7. The number of amides is 1.